The Balaban J connectivity index is 1.89. The fraction of sp³-hybridized carbons (Fsp3) is 0.333. The molecule has 1 fully saturated rings. The average Bonchev–Trinajstić information content (AvgIpc) is 3.39. The predicted octanol–water partition coefficient (Wildman–Crippen LogP) is 4.78. The minimum Gasteiger partial charge on any atom is -0.351 e. The molecule has 0 bridgehead atoms. The van der Waals surface area contributed by atoms with E-state index >= 15 is 0 Å². The highest BCUT2D eigenvalue weighted by atomic mass is 32.1. The van der Waals surface area contributed by atoms with Crippen molar-refractivity contribution >= 4 is 44.6 Å². The molecule has 0 atom stereocenters. The summed E-state index contributed by atoms with van der Waals surface area (Å²) in [5.41, 5.74) is 1.54. The standard InChI is InChI=1S/C18H10N8S2/c1-21-10(8-19)23-16-25-14-12(27-16)13-15(18(14)6-4-3-5-7-18)26-17(28-13)24-11(9-20)22-2/h3-7H2/b23-10-,24-11+. The topological polar surface area (TPSA) is 107 Å². The number of amidine groups is 2. The van der Waals surface area contributed by atoms with Gasteiger partial charge in [0.2, 0.25) is 0 Å². The Hall–Kier alpha value is -3.44. The van der Waals surface area contributed by atoms with Crippen LogP contribution in [0.3, 0.4) is 0 Å². The van der Waals surface area contributed by atoms with Crippen LogP contribution in [0.2, 0.25) is 0 Å². The highest BCUT2D eigenvalue weighted by Crippen LogP contribution is 2.60. The first-order valence-corrected chi connectivity index (χ1v) is 10.0. The number of nitrogens with zero attached hydrogens (tertiary/aromatic N) is 8. The SMILES string of the molecule is [C-]#[N+]/C(C#N)=N\c1nc2c(s1)-c1sc(/N=C(\C#N)[N+]#[C-])nc1C21CCCCC1. The lowest BCUT2D eigenvalue weighted by Crippen LogP contribution is -2.29. The van der Waals surface area contributed by atoms with Crippen LogP contribution in [-0.2, 0) is 5.41 Å². The van der Waals surface area contributed by atoms with Crippen LogP contribution in [0.4, 0.5) is 10.3 Å². The summed E-state index contributed by atoms with van der Waals surface area (Å²) in [7, 11) is 0. The molecule has 2 aliphatic carbocycles. The number of aromatic nitrogens is 2. The van der Waals surface area contributed by atoms with E-state index in [2.05, 4.69) is 29.6 Å². The first-order chi connectivity index (χ1) is 13.6. The van der Waals surface area contributed by atoms with E-state index in [4.69, 9.17) is 23.7 Å². The van der Waals surface area contributed by atoms with Crippen molar-refractivity contribution in [2.45, 2.75) is 37.5 Å². The summed E-state index contributed by atoms with van der Waals surface area (Å²) in [6.45, 7) is 14.0. The van der Waals surface area contributed by atoms with Gasteiger partial charge in [-0.3, -0.25) is 0 Å². The van der Waals surface area contributed by atoms with Gasteiger partial charge in [0, 0.05) is 0 Å². The van der Waals surface area contributed by atoms with Crippen LogP contribution in [0.15, 0.2) is 9.98 Å². The van der Waals surface area contributed by atoms with Crippen LogP contribution < -0.4 is 0 Å². The Morgan fingerprint density at radius 3 is 1.75 bits per heavy atom. The van der Waals surface area contributed by atoms with Gasteiger partial charge >= 0.3 is 21.9 Å². The van der Waals surface area contributed by atoms with Crippen molar-refractivity contribution in [1.82, 2.24) is 9.97 Å². The number of thiazole rings is 2. The summed E-state index contributed by atoms with van der Waals surface area (Å²) in [5.74, 6) is -0.480. The summed E-state index contributed by atoms with van der Waals surface area (Å²) in [4.78, 5) is 25.6. The van der Waals surface area contributed by atoms with E-state index < -0.39 is 0 Å². The molecule has 134 valence electrons. The van der Waals surface area contributed by atoms with Crippen LogP contribution in [0.25, 0.3) is 19.4 Å². The molecule has 0 radical (unpaired) electrons. The third kappa shape index (κ3) is 2.68. The summed E-state index contributed by atoms with van der Waals surface area (Å²) < 4.78 is 0. The molecule has 1 saturated carbocycles. The minimum absolute atomic E-state index is 0.240. The lowest BCUT2D eigenvalue weighted by molar-refractivity contribution is 0.340. The molecule has 8 nitrogen and oxygen atoms in total. The molecule has 2 aliphatic rings. The van der Waals surface area contributed by atoms with Crippen LogP contribution in [0, 0.1) is 35.8 Å². The molecule has 2 aromatic rings. The minimum atomic E-state index is -0.312. The van der Waals surface area contributed by atoms with Gasteiger partial charge in [0.05, 0.1) is 26.6 Å². The van der Waals surface area contributed by atoms with Gasteiger partial charge in [0.25, 0.3) is 0 Å². The Morgan fingerprint density at radius 1 is 0.893 bits per heavy atom. The van der Waals surface area contributed by atoms with Crippen LogP contribution >= 0.6 is 22.7 Å². The Bertz CT molecular complexity index is 1080. The number of fused-ring (bicyclic) bond motifs is 5. The van der Waals surface area contributed by atoms with Gasteiger partial charge in [0.15, 0.2) is 0 Å². The Morgan fingerprint density at radius 2 is 1.36 bits per heavy atom. The lowest BCUT2D eigenvalue weighted by atomic mass is 9.72. The molecule has 2 heterocycles. The second-order valence-corrected chi connectivity index (χ2v) is 8.26. The summed E-state index contributed by atoms with van der Waals surface area (Å²) >= 11 is 2.68. The molecule has 0 aliphatic heterocycles. The summed E-state index contributed by atoms with van der Waals surface area (Å²) in [6.07, 6.45) is 5.09. The van der Waals surface area contributed by atoms with E-state index in [1.54, 1.807) is 12.1 Å². The molecule has 0 saturated heterocycles. The quantitative estimate of drug-likeness (QED) is 0.409. The maximum absolute atomic E-state index is 8.98. The van der Waals surface area contributed by atoms with Crippen molar-refractivity contribution < 1.29 is 0 Å². The van der Waals surface area contributed by atoms with Crippen LogP contribution in [-0.4, -0.2) is 21.6 Å². The van der Waals surface area contributed by atoms with Gasteiger partial charge in [-0.1, -0.05) is 65.1 Å². The molecule has 1 spiro atoms. The van der Waals surface area contributed by atoms with Gasteiger partial charge in [-0.2, -0.15) is 9.97 Å². The van der Waals surface area contributed by atoms with Crippen molar-refractivity contribution in [2.75, 3.05) is 0 Å². The zero-order valence-electron chi connectivity index (χ0n) is 14.4. The Labute approximate surface area is 168 Å². The normalized spacial score (nSPS) is 17.1. The monoisotopic (exact) mass is 402 g/mol. The van der Waals surface area contributed by atoms with E-state index in [1.807, 2.05) is 0 Å². The maximum Gasteiger partial charge on any atom is 0.352 e. The predicted molar refractivity (Wildman–Crippen MR) is 106 cm³/mol. The number of aliphatic imine (C=N–C) groups is 2. The van der Waals surface area contributed by atoms with E-state index in [-0.39, 0.29) is 17.1 Å². The zero-order valence-corrected chi connectivity index (χ0v) is 16.1. The smallest absolute Gasteiger partial charge is 0.351 e. The number of rotatable bonds is 2. The van der Waals surface area contributed by atoms with Gasteiger partial charge in [-0.25, -0.2) is 10.5 Å². The van der Waals surface area contributed by atoms with Gasteiger partial charge in [-0.15, -0.1) is 0 Å². The molecule has 4 rings (SSSR count). The van der Waals surface area contributed by atoms with Crippen LogP contribution in [0.5, 0.6) is 0 Å². The average molecular weight is 402 g/mol. The number of nitriles is 2. The van der Waals surface area contributed by atoms with Crippen molar-refractivity contribution in [3.05, 3.63) is 34.2 Å². The molecular formula is C18H10N8S2. The molecule has 0 amide bonds. The number of hydrogen-bond acceptors (Lipinski definition) is 8. The third-order valence-corrected chi connectivity index (χ3v) is 6.93. The molecule has 2 aromatic heterocycles. The molecule has 0 unspecified atom stereocenters. The fourth-order valence-corrected chi connectivity index (χ4v) is 5.95. The molecular weight excluding hydrogens is 392 g/mol. The summed E-state index contributed by atoms with van der Waals surface area (Å²) in [5, 5.41) is 18.7. The molecule has 28 heavy (non-hydrogen) atoms. The van der Waals surface area contributed by atoms with Crippen molar-refractivity contribution in [1.29, 1.82) is 10.5 Å². The highest BCUT2D eigenvalue weighted by molar-refractivity contribution is 7.25. The molecule has 10 heteroatoms. The first kappa shape index (κ1) is 17.9. The number of hydrogen-bond donors (Lipinski definition) is 0. The Kier molecular flexibility index (Phi) is 4.45. The largest absolute Gasteiger partial charge is 0.352 e. The van der Waals surface area contributed by atoms with Gasteiger partial charge < -0.3 is 9.69 Å². The first-order valence-electron chi connectivity index (χ1n) is 8.40. The molecule has 0 aromatic carbocycles. The van der Waals surface area contributed by atoms with E-state index in [9.17, 15) is 0 Å². The van der Waals surface area contributed by atoms with E-state index in [0.717, 1.165) is 53.2 Å². The van der Waals surface area contributed by atoms with Gasteiger partial charge in [-0.05, 0) is 12.8 Å². The summed E-state index contributed by atoms with van der Waals surface area (Å²) in [6, 6.07) is 3.54. The lowest BCUT2D eigenvalue weighted by Gasteiger charge is -2.32. The fourth-order valence-electron chi connectivity index (χ4n) is 3.74. The van der Waals surface area contributed by atoms with Crippen molar-refractivity contribution in [3.63, 3.8) is 0 Å². The van der Waals surface area contributed by atoms with Crippen LogP contribution in [0.1, 0.15) is 43.5 Å². The van der Waals surface area contributed by atoms with Crippen molar-refractivity contribution in [2.24, 2.45) is 9.98 Å². The second-order valence-electron chi connectivity index (χ2n) is 6.31. The second kappa shape index (κ2) is 6.94. The zero-order chi connectivity index (χ0) is 19.7. The van der Waals surface area contributed by atoms with E-state index in [0.29, 0.717) is 10.3 Å². The molecule has 0 N–H and O–H groups in total. The highest BCUT2D eigenvalue weighted by Gasteiger charge is 2.50. The third-order valence-electron chi connectivity index (χ3n) is 4.87. The van der Waals surface area contributed by atoms with E-state index in [1.165, 1.54) is 22.7 Å². The van der Waals surface area contributed by atoms with Gasteiger partial charge in [0.1, 0.15) is 12.1 Å². The van der Waals surface area contributed by atoms with Crippen molar-refractivity contribution in [3.8, 4) is 21.9 Å². The maximum atomic E-state index is 8.98.